The van der Waals surface area contributed by atoms with Crippen molar-refractivity contribution in [3.8, 4) is 11.3 Å². The predicted molar refractivity (Wildman–Crippen MR) is 128 cm³/mol. The number of aromatic nitrogens is 3. The lowest BCUT2D eigenvalue weighted by Crippen LogP contribution is -2.14. The maximum Gasteiger partial charge on any atom is 0.232 e. The lowest BCUT2D eigenvalue weighted by molar-refractivity contribution is 0.602. The number of hydrogen-bond acceptors (Lipinski definition) is 5. The summed E-state index contributed by atoms with van der Waals surface area (Å²) in [5.41, 5.74) is 3.63. The van der Waals surface area contributed by atoms with E-state index in [0.717, 1.165) is 21.4 Å². The number of nitrogens with zero attached hydrogens (tertiary/aromatic N) is 3. The first kappa shape index (κ1) is 21.6. The Hall–Kier alpha value is -2.62. The highest BCUT2D eigenvalue weighted by Gasteiger charge is 2.13. The number of halogens is 2. The van der Waals surface area contributed by atoms with E-state index >= 15 is 0 Å². The van der Waals surface area contributed by atoms with Gasteiger partial charge in [0, 0.05) is 28.9 Å². The molecule has 0 aliphatic rings. The van der Waals surface area contributed by atoms with Gasteiger partial charge in [0.05, 0.1) is 22.1 Å². The second kappa shape index (κ2) is 8.86. The van der Waals surface area contributed by atoms with Crippen LogP contribution in [0.3, 0.4) is 0 Å². The third-order valence-corrected chi connectivity index (χ3v) is 6.83. The van der Waals surface area contributed by atoms with Crippen molar-refractivity contribution in [1.82, 2.24) is 14.6 Å². The minimum atomic E-state index is -3.33. The zero-order valence-electron chi connectivity index (χ0n) is 16.5. The van der Waals surface area contributed by atoms with E-state index in [1.165, 1.54) is 0 Å². The van der Waals surface area contributed by atoms with E-state index in [4.69, 9.17) is 16.6 Å². The number of sulfonamides is 1. The molecule has 0 saturated carbocycles. The van der Waals surface area contributed by atoms with Gasteiger partial charge in [-0.05, 0) is 46.6 Å². The van der Waals surface area contributed by atoms with Gasteiger partial charge in [0.1, 0.15) is 5.82 Å². The van der Waals surface area contributed by atoms with Crippen molar-refractivity contribution >= 4 is 54.7 Å². The SMILES string of the molecule is CCS(=O)(=O)Nc1cccc(CNc2cc(-c3ccccc3Cl)nc3c(Br)cnn23)c1. The average Bonchev–Trinajstić information content (AvgIpc) is 3.13. The zero-order chi connectivity index (χ0) is 22.0. The molecule has 0 aliphatic heterocycles. The van der Waals surface area contributed by atoms with E-state index in [-0.39, 0.29) is 5.75 Å². The quantitative estimate of drug-likeness (QED) is 0.350. The zero-order valence-corrected chi connectivity index (χ0v) is 19.7. The molecule has 4 aromatic rings. The molecule has 2 heterocycles. The minimum absolute atomic E-state index is 0.0173. The molecule has 31 heavy (non-hydrogen) atoms. The summed E-state index contributed by atoms with van der Waals surface area (Å²) < 4.78 is 28.7. The third-order valence-electron chi connectivity index (χ3n) is 4.63. The maximum atomic E-state index is 11.8. The van der Waals surface area contributed by atoms with Gasteiger partial charge in [0.15, 0.2) is 5.65 Å². The smallest absolute Gasteiger partial charge is 0.232 e. The summed E-state index contributed by atoms with van der Waals surface area (Å²) in [5, 5.41) is 8.36. The normalized spacial score (nSPS) is 11.6. The molecule has 0 atom stereocenters. The molecule has 0 saturated heterocycles. The van der Waals surface area contributed by atoms with Gasteiger partial charge in [-0.25, -0.2) is 13.4 Å². The number of hydrogen-bond donors (Lipinski definition) is 2. The van der Waals surface area contributed by atoms with Gasteiger partial charge in [-0.3, -0.25) is 4.72 Å². The van der Waals surface area contributed by atoms with Crippen molar-refractivity contribution < 1.29 is 8.42 Å². The van der Waals surface area contributed by atoms with Crippen molar-refractivity contribution in [2.24, 2.45) is 0 Å². The molecular formula is C21H19BrClN5O2S. The Bertz CT molecular complexity index is 1360. The van der Waals surface area contributed by atoms with Crippen LogP contribution in [0.1, 0.15) is 12.5 Å². The first-order valence-corrected chi connectivity index (χ1v) is 12.3. The standard InChI is InChI=1S/C21H19BrClN5O2S/c1-2-31(29,30)27-15-7-5-6-14(10-15)12-24-20-11-19(16-8-3-4-9-18(16)23)26-21-17(22)13-25-28(20)21/h3-11,13,24,27H,2,12H2,1H3. The fourth-order valence-electron chi connectivity index (χ4n) is 3.06. The van der Waals surface area contributed by atoms with Crippen LogP contribution in [0.5, 0.6) is 0 Å². The van der Waals surface area contributed by atoms with E-state index in [1.54, 1.807) is 29.8 Å². The molecule has 0 radical (unpaired) electrons. The Balaban J connectivity index is 1.65. The average molecular weight is 521 g/mol. The predicted octanol–water partition coefficient (Wildman–Crippen LogP) is 5.19. The van der Waals surface area contributed by atoms with Gasteiger partial charge >= 0.3 is 0 Å². The van der Waals surface area contributed by atoms with Crippen molar-refractivity contribution in [3.63, 3.8) is 0 Å². The highest BCUT2D eigenvalue weighted by molar-refractivity contribution is 9.10. The van der Waals surface area contributed by atoms with Crippen molar-refractivity contribution in [2.75, 3.05) is 15.8 Å². The van der Waals surface area contributed by atoms with Gasteiger partial charge < -0.3 is 5.32 Å². The number of benzene rings is 2. The third kappa shape index (κ3) is 4.84. The molecule has 0 unspecified atom stereocenters. The highest BCUT2D eigenvalue weighted by Crippen LogP contribution is 2.30. The Labute approximate surface area is 193 Å². The minimum Gasteiger partial charge on any atom is -0.366 e. The summed E-state index contributed by atoms with van der Waals surface area (Å²) in [7, 11) is -3.33. The van der Waals surface area contributed by atoms with Crippen molar-refractivity contribution in [2.45, 2.75) is 13.5 Å². The van der Waals surface area contributed by atoms with E-state index in [1.807, 2.05) is 42.5 Å². The van der Waals surface area contributed by atoms with Crippen molar-refractivity contribution in [3.05, 3.63) is 75.9 Å². The molecule has 7 nitrogen and oxygen atoms in total. The monoisotopic (exact) mass is 519 g/mol. The number of anilines is 2. The molecule has 0 amide bonds. The molecule has 0 fully saturated rings. The Morgan fingerprint density at radius 1 is 1.13 bits per heavy atom. The van der Waals surface area contributed by atoms with Crippen LogP contribution in [0.2, 0.25) is 5.02 Å². The Morgan fingerprint density at radius 3 is 2.71 bits per heavy atom. The number of rotatable bonds is 7. The van der Waals surface area contributed by atoms with Gasteiger partial charge in [-0.1, -0.05) is 41.9 Å². The number of fused-ring (bicyclic) bond motifs is 1. The van der Waals surface area contributed by atoms with Crippen LogP contribution >= 0.6 is 27.5 Å². The first-order valence-electron chi connectivity index (χ1n) is 9.49. The lowest BCUT2D eigenvalue weighted by atomic mass is 10.1. The van der Waals surface area contributed by atoms with Gasteiger partial charge in [0.2, 0.25) is 10.0 Å². The van der Waals surface area contributed by atoms with Crippen LogP contribution in [-0.4, -0.2) is 28.8 Å². The van der Waals surface area contributed by atoms with Crippen LogP contribution in [0.4, 0.5) is 11.5 Å². The molecule has 0 aliphatic carbocycles. The second-order valence-electron chi connectivity index (χ2n) is 6.79. The molecule has 2 N–H and O–H groups in total. The van der Waals surface area contributed by atoms with Gasteiger partial charge in [-0.15, -0.1) is 0 Å². The van der Waals surface area contributed by atoms with Crippen LogP contribution in [0.15, 0.2) is 65.3 Å². The van der Waals surface area contributed by atoms with Crippen LogP contribution in [0.25, 0.3) is 16.9 Å². The summed E-state index contributed by atoms with van der Waals surface area (Å²) in [5.74, 6) is 0.744. The molecule has 0 spiro atoms. The molecule has 10 heteroatoms. The van der Waals surface area contributed by atoms with Crippen molar-refractivity contribution in [1.29, 1.82) is 0 Å². The largest absolute Gasteiger partial charge is 0.366 e. The summed E-state index contributed by atoms with van der Waals surface area (Å²) in [6.45, 7) is 2.06. The van der Waals surface area contributed by atoms with Crippen LogP contribution < -0.4 is 10.0 Å². The molecule has 2 aromatic carbocycles. The van der Waals surface area contributed by atoms with Crippen LogP contribution in [0, 0.1) is 0 Å². The summed E-state index contributed by atoms with van der Waals surface area (Å²) in [6, 6.07) is 16.7. The molecule has 0 bridgehead atoms. The Kier molecular flexibility index (Phi) is 6.17. The molecule has 160 valence electrons. The first-order chi connectivity index (χ1) is 14.9. The second-order valence-corrected chi connectivity index (χ2v) is 10.1. The van der Waals surface area contributed by atoms with Gasteiger partial charge in [-0.2, -0.15) is 9.61 Å². The van der Waals surface area contributed by atoms with Crippen LogP contribution in [-0.2, 0) is 16.6 Å². The molecule has 2 aromatic heterocycles. The highest BCUT2D eigenvalue weighted by atomic mass is 79.9. The fraction of sp³-hybridized carbons (Fsp3) is 0.143. The summed E-state index contributed by atoms with van der Waals surface area (Å²) >= 11 is 9.88. The molecular weight excluding hydrogens is 502 g/mol. The molecule has 4 rings (SSSR count). The fourth-order valence-corrected chi connectivity index (χ4v) is 4.27. The lowest BCUT2D eigenvalue weighted by Gasteiger charge is -2.13. The number of nitrogens with one attached hydrogen (secondary N) is 2. The van der Waals surface area contributed by atoms with E-state index < -0.39 is 10.0 Å². The topological polar surface area (TPSA) is 88.4 Å². The summed E-state index contributed by atoms with van der Waals surface area (Å²) in [6.07, 6.45) is 1.68. The van der Waals surface area contributed by atoms with E-state index in [9.17, 15) is 8.42 Å². The maximum absolute atomic E-state index is 11.8. The van der Waals surface area contributed by atoms with Gasteiger partial charge in [0.25, 0.3) is 0 Å². The Morgan fingerprint density at radius 2 is 1.94 bits per heavy atom. The van der Waals surface area contributed by atoms with E-state index in [0.29, 0.717) is 28.6 Å². The summed E-state index contributed by atoms with van der Waals surface area (Å²) in [4.78, 5) is 4.70. The van der Waals surface area contributed by atoms with E-state index in [2.05, 4.69) is 31.1 Å².